The zero-order valence-corrected chi connectivity index (χ0v) is 16.7. The van der Waals surface area contributed by atoms with Crippen LogP contribution < -0.4 is 10.1 Å². The van der Waals surface area contributed by atoms with Crippen LogP contribution in [-0.2, 0) is 4.79 Å². The molecule has 4 rings (SSSR count). The molecule has 8 heteroatoms. The van der Waals surface area contributed by atoms with Crippen LogP contribution in [0.25, 0.3) is 0 Å². The lowest BCUT2D eigenvalue weighted by Crippen LogP contribution is -2.60. The molecule has 0 bridgehead atoms. The van der Waals surface area contributed by atoms with E-state index in [9.17, 15) is 18.8 Å². The molecule has 0 unspecified atom stereocenters. The molecule has 1 saturated heterocycles. The number of benzene rings is 2. The summed E-state index contributed by atoms with van der Waals surface area (Å²) in [5, 5.41) is 2.95. The van der Waals surface area contributed by atoms with Crippen LogP contribution in [0.15, 0.2) is 48.5 Å². The second kappa shape index (κ2) is 7.44. The van der Waals surface area contributed by atoms with Crippen molar-refractivity contribution in [3.05, 3.63) is 65.5 Å². The van der Waals surface area contributed by atoms with Gasteiger partial charge in [0.15, 0.2) is 0 Å². The molecule has 1 N–H and O–H groups in total. The number of ether oxygens (including phenoxy) is 1. The summed E-state index contributed by atoms with van der Waals surface area (Å²) >= 11 is 0. The van der Waals surface area contributed by atoms with Crippen LogP contribution in [0.1, 0.15) is 20.7 Å². The highest BCUT2D eigenvalue weighted by atomic mass is 19.1. The second-order valence-electron chi connectivity index (χ2n) is 7.85. The number of para-hydroxylation sites is 1. The highest BCUT2D eigenvalue weighted by Gasteiger charge is 2.54. The minimum atomic E-state index is -1.13. The molecule has 156 valence electrons. The van der Waals surface area contributed by atoms with Gasteiger partial charge in [0.2, 0.25) is 5.91 Å². The number of rotatable bonds is 2. The summed E-state index contributed by atoms with van der Waals surface area (Å²) in [4.78, 5) is 41.8. The standard InChI is InChI=1S/C22H22FN3O4/c1-25(2)21(29)16-11-26(20(28)14-7-3-5-9-17(14)23)12-22(16)13-30-18-10-6-4-8-15(18)19(27)24-22/h3-10,16H,11-13H2,1-2H3,(H,24,27)/t16-,22-/m1/s1. The van der Waals surface area contributed by atoms with Crippen LogP contribution in [0.2, 0.25) is 0 Å². The number of hydrogen-bond donors (Lipinski definition) is 1. The molecule has 30 heavy (non-hydrogen) atoms. The molecule has 2 atom stereocenters. The van der Waals surface area contributed by atoms with Crippen molar-refractivity contribution < 1.29 is 23.5 Å². The quantitative estimate of drug-likeness (QED) is 0.813. The summed E-state index contributed by atoms with van der Waals surface area (Å²) in [6.45, 7) is 0.0926. The fraction of sp³-hybridized carbons (Fsp3) is 0.318. The van der Waals surface area contributed by atoms with Crippen molar-refractivity contribution in [1.82, 2.24) is 15.1 Å². The van der Waals surface area contributed by atoms with E-state index in [1.165, 1.54) is 28.0 Å². The van der Waals surface area contributed by atoms with Gasteiger partial charge in [-0.1, -0.05) is 24.3 Å². The van der Waals surface area contributed by atoms with Gasteiger partial charge in [-0.05, 0) is 24.3 Å². The molecule has 2 heterocycles. The van der Waals surface area contributed by atoms with Gasteiger partial charge >= 0.3 is 0 Å². The van der Waals surface area contributed by atoms with E-state index in [-0.39, 0.29) is 37.1 Å². The van der Waals surface area contributed by atoms with E-state index < -0.39 is 23.2 Å². The molecule has 1 spiro atoms. The molecule has 0 saturated carbocycles. The van der Waals surface area contributed by atoms with Crippen molar-refractivity contribution in [1.29, 1.82) is 0 Å². The van der Waals surface area contributed by atoms with E-state index in [2.05, 4.69) is 5.32 Å². The molecule has 0 aromatic heterocycles. The van der Waals surface area contributed by atoms with Crippen molar-refractivity contribution in [2.24, 2.45) is 5.92 Å². The summed E-state index contributed by atoms with van der Waals surface area (Å²) in [6, 6.07) is 12.5. The minimum Gasteiger partial charge on any atom is -0.490 e. The molecule has 2 aromatic rings. The van der Waals surface area contributed by atoms with Crippen LogP contribution in [0.5, 0.6) is 5.75 Å². The lowest BCUT2D eigenvalue weighted by Gasteiger charge is -2.33. The zero-order chi connectivity index (χ0) is 21.5. The first kappa shape index (κ1) is 19.9. The first-order valence-electron chi connectivity index (χ1n) is 9.62. The van der Waals surface area contributed by atoms with Gasteiger partial charge in [-0.3, -0.25) is 14.4 Å². The topological polar surface area (TPSA) is 79.0 Å². The Balaban J connectivity index is 1.70. The third-order valence-electron chi connectivity index (χ3n) is 5.65. The largest absolute Gasteiger partial charge is 0.490 e. The number of halogens is 1. The molecule has 3 amide bonds. The molecule has 2 aromatic carbocycles. The van der Waals surface area contributed by atoms with Crippen molar-refractivity contribution in [3.63, 3.8) is 0 Å². The maximum absolute atomic E-state index is 14.2. The van der Waals surface area contributed by atoms with Crippen molar-refractivity contribution >= 4 is 17.7 Å². The van der Waals surface area contributed by atoms with Gasteiger partial charge in [-0.25, -0.2) is 4.39 Å². The van der Waals surface area contributed by atoms with Crippen LogP contribution in [0.3, 0.4) is 0 Å². The number of carbonyl (C=O) groups excluding carboxylic acids is 3. The number of amides is 3. The van der Waals surface area contributed by atoms with Gasteiger partial charge in [0.1, 0.15) is 23.7 Å². The molecule has 2 aliphatic rings. The Morgan fingerprint density at radius 2 is 1.87 bits per heavy atom. The summed E-state index contributed by atoms with van der Waals surface area (Å²) in [7, 11) is 3.23. The fourth-order valence-corrected chi connectivity index (χ4v) is 4.09. The van der Waals surface area contributed by atoms with Gasteiger partial charge in [0.25, 0.3) is 11.8 Å². The number of nitrogens with zero attached hydrogens (tertiary/aromatic N) is 2. The lowest BCUT2D eigenvalue weighted by atomic mass is 9.86. The third kappa shape index (κ3) is 3.28. The average Bonchev–Trinajstić information content (AvgIpc) is 3.03. The fourth-order valence-electron chi connectivity index (χ4n) is 4.09. The molecular formula is C22H22FN3O4. The number of carbonyl (C=O) groups is 3. The van der Waals surface area contributed by atoms with Crippen LogP contribution in [0.4, 0.5) is 4.39 Å². The van der Waals surface area contributed by atoms with Gasteiger partial charge in [-0.2, -0.15) is 0 Å². The Morgan fingerprint density at radius 1 is 1.17 bits per heavy atom. The normalized spacial score (nSPS) is 22.7. The highest BCUT2D eigenvalue weighted by Crippen LogP contribution is 2.35. The van der Waals surface area contributed by atoms with Crippen molar-refractivity contribution in [2.45, 2.75) is 5.54 Å². The Hall–Kier alpha value is -3.42. The number of likely N-dealkylation sites (tertiary alicyclic amines) is 1. The summed E-state index contributed by atoms with van der Waals surface area (Å²) in [5.74, 6) is -2.10. The summed E-state index contributed by atoms with van der Waals surface area (Å²) in [6.07, 6.45) is 0. The number of hydrogen-bond acceptors (Lipinski definition) is 4. The van der Waals surface area contributed by atoms with E-state index in [1.54, 1.807) is 44.4 Å². The SMILES string of the molecule is CN(C)C(=O)[C@H]1CN(C(=O)c2ccccc2F)C[C@@]12COc1ccccc1C(=O)N2. The molecule has 2 aliphatic heterocycles. The predicted molar refractivity (Wildman–Crippen MR) is 107 cm³/mol. The van der Waals surface area contributed by atoms with Gasteiger partial charge in [0, 0.05) is 27.2 Å². The number of nitrogens with one attached hydrogen (secondary N) is 1. The molecule has 0 radical (unpaired) electrons. The van der Waals surface area contributed by atoms with Crippen LogP contribution in [-0.4, -0.2) is 66.9 Å². The van der Waals surface area contributed by atoms with E-state index >= 15 is 0 Å². The average molecular weight is 411 g/mol. The molecule has 0 aliphatic carbocycles. The van der Waals surface area contributed by atoms with Gasteiger partial charge in [0.05, 0.1) is 17.0 Å². The summed E-state index contributed by atoms with van der Waals surface area (Å²) < 4.78 is 20.1. The first-order valence-corrected chi connectivity index (χ1v) is 9.62. The van der Waals surface area contributed by atoms with Crippen LogP contribution >= 0.6 is 0 Å². The minimum absolute atomic E-state index is 0.0149. The van der Waals surface area contributed by atoms with E-state index in [0.29, 0.717) is 11.3 Å². The van der Waals surface area contributed by atoms with Crippen molar-refractivity contribution in [3.8, 4) is 5.75 Å². The number of fused-ring (bicyclic) bond motifs is 1. The Kier molecular flexibility index (Phi) is 4.93. The Labute approximate surface area is 173 Å². The smallest absolute Gasteiger partial charge is 0.256 e. The van der Waals surface area contributed by atoms with Crippen molar-refractivity contribution in [2.75, 3.05) is 33.8 Å². The Bertz CT molecular complexity index is 1020. The molecule has 7 nitrogen and oxygen atoms in total. The predicted octanol–water partition coefficient (Wildman–Crippen LogP) is 1.55. The maximum Gasteiger partial charge on any atom is 0.256 e. The van der Waals surface area contributed by atoms with E-state index in [1.807, 2.05) is 0 Å². The van der Waals surface area contributed by atoms with Crippen LogP contribution in [0, 0.1) is 11.7 Å². The van der Waals surface area contributed by atoms with Gasteiger partial charge in [-0.15, -0.1) is 0 Å². The van der Waals surface area contributed by atoms with E-state index in [0.717, 1.165) is 0 Å². The zero-order valence-electron chi connectivity index (χ0n) is 16.7. The molecular weight excluding hydrogens is 389 g/mol. The molecule has 1 fully saturated rings. The van der Waals surface area contributed by atoms with E-state index in [4.69, 9.17) is 4.74 Å². The lowest BCUT2D eigenvalue weighted by molar-refractivity contribution is -0.134. The first-order chi connectivity index (χ1) is 14.3. The summed E-state index contributed by atoms with van der Waals surface area (Å²) in [5.41, 5.74) is -0.836. The third-order valence-corrected chi connectivity index (χ3v) is 5.65. The Morgan fingerprint density at radius 3 is 2.60 bits per heavy atom. The second-order valence-corrected chi connectivity index (χ2v) is 7.85. The highest BCUT2D eigenvalue weighted by molar-refractivity contribution is 5.99. The maximum atomic E-state index is 14.2. The van der Waals surface area contributed by atoms with Gasteiger partial charge < -0.3 is 19.9 Å². The monoisotopic (exact) mass is 411 g/mol.